The van der Waals surface area contributed by atoms with Crippen molar-refractivity contribution in [2.24, 2.45) is 46.0 Å². The first-order valence-corrected chi connectivity index (χ1v) is 25.4. The zero-order valence-electron chi connectivity index (χ0n) is 45.1. The number of likely N-dealkylation sites (N-methyl/N-ethyl adjacent to an activating group) is 1. The highest BCUT2D eigenvalue weighted by atomic mass is 16.5. The van der Waals surface area contributed by atoms with E-state index in [0.717, 1.165) is 10.5 Å². The van der Waals surface area contributed by atoms with Crippen molar-refractivity contribution in [1.29, 1.82) is 0 Å². The van der Waals surface area contributed by atoms with Gasteiger partial charge in [-0.2, -0.15) is 0 Å². The number of nitrogens with zero attached hydrogens (tertiary/aromatic N) is 2. The lowest BCUT2D eigenvalue weighted by Gasteiger charge is -2.29. The Morgan fingerprint density at radius 1 is 0.787 bits per heavy atom. The normalized spacial score (nSPS) is 24.7. The number of carboxylic acid groups (broad SMARTS) is 2. The number of carbonyl (C=O) groups excluding carboxylic acids is 7. The molecule has 1 saturated heterocycles. The van der Waals surface area contributed by atoms with Crippen molar-refractivity contribution in [2.75, 3.05) is 20.7 Å². The van der Waals surface area contributed by atoms with E-state index in [1.165, 1.54) is 20.9 Å². The number of nitrogens with one attached hydrogen (secondary N) is 6. The summed E-state index contributed by atoms with van der Waals surface area (Å²) >= 11 is 0. The summed E-state index contributed by atoms with van der Waals surface area (Å²) in [4.78, 5) is 128. The number of benzene rings is 1. The van der Waals surface area contributed by atoms with Gasteiger partial charge in [0.2, 0.25) is 35.4 Å². The molecule has 0 radical (unpaired) electrons. The lowest BCUT2D eigenvalue weighted by atomic mass is 9.94. The van der Waals surface area contributed by atoms with Gasteiger partial charge in [0, 0.05) is 33.0 Å². The molecule has 7 amide bonds. The number of guanidine groups is 1. The van der Waals surface area contributed by atoms with Crippen LogP contribution in [0.5, 0.6) is 0 Å². The minimum absolute atomic E-state index is 0.0118. The average molecular weight is 1050 g/mol. The molecule has 10 atom stereocenters. The monoisotopic (exact) mass is 1050 g/mol. The summed E-state index contributed by atoms with van der Waals surface area (Å²) < 4.78 is 5.83. The molecular formula is C53H82N10O12. The molecule has 2 rings (SSSR count). The van der Waals surface area contributed by atoms with Crippen LogP contribution in [0.4, 0.5) is 0 Å². The van der Waals surface area contributed by atoms with Gasteiger partial charge < -0.3 is 63.2 Å². The Kier molecular flexibility index (Phi) is 27.0. The number of ether oxygens (including phenoxy) is 1. The summed E-state index contributed by atoms with van der Waals surface area (Å²) in [7, 11) is 2.85. The Labute approximate surface area is 440 Å². The second-order valence-electron chi connectivity index (χ2n) is 20.1. The fraction of sp³-hybridized carbons (Fsp3) is 0.585. The molecule has 22 heteroatoms. The van der Waals surface area contributed by atoms with Gasteiger partial charge in [-0.05, 0) is 69.3 Å². The van der Waals surface area contributed by atoms with Gasteiger partial charge in [-0.3, -0.25) is 38.6 Å². The molecule has 12 N–H and O–H groups in total. The van der Waals surface area contributed by atoms with Crippen molar-refractivity contribution in [2.45, 2.75) is 149 Å². The maximum absolute atomic E-state index is 14.5. The Hall–Kier alpha value is -7.10. The van der Waals surface area contributed by atoms with Crippen molar-refractivity contribution >= 4 is 59.2 Å². The van der Waals surface area contributed by atoms with Gasteiger partial charge in [-0.1, -0.05) is 109 Å². The zero-order chi connectivity index (χ0) is 56.7. The highest BCUT2D eigenvalue weighted by molar-refractivity contribution is 6.00. The van der Waals surface area contributed by atoms with Gasteiger partial charge in [0.25, 0.3) is 5.91 Å². The molecule has 0 aromatic heterocycles. The quantitative estimate of drug-likeness (QED) is 0.0331. The van der Waals surface area contributed by atoms with Crippen LogP contribution in [0, 0.1) is 29.6 Å². The molecule has 0 bridgehead atoms. The molecule has 1 aliphatic heterocycles. The molecule has 75 heavy (non-hydrogen) atoms. The number of amides is 7. The lowest BCUT2D eigenvalue weighted by Crippen LogP contribution is -2.59. The van der Waals surface area contributed by atoms with Crippen LogP contribution in [0.2, 0.25) is 0 Å². The van der Waals surface area contributed by atoms with Gasteiger partial charge in [-0.15, -0.1) is 0 Å². The number of unbranched alkanes of at least 4 members (excludes halogenated alkanes) is 1. The highest BCUT2D eigenvalue weighted by Gasteiger charge is 2.38. The molecule has 22 nitrogen and oxygen atoms in total. The summed E-state index contributed by atoms with van der Waals surface area (Å²) in [6.07, 6.45) is 5.32. The lowest BCUT2D eigenvalue weighted by molar-refractivity contribution is -0.146. The first-order chi connectivity index (χ1) is 35.2. The van der Waals surface area contributed by atoms with Crippen molar-refractivity contribution in [3.05, 3.63) is 72.0 Å². The molecule has 1 fully saturated rings. The minimum atomic E-state index is -1.88. The summed E-state index contributed by atoms with van der Waals surface area (Å²) in [5, 5.41) is 36.2. The number of aliphatic carboxylic acids is 2. The largest absolute Gasteiger partial charge is 0.480 e. The van der Waals surface area contributed by atoms with Gasteiger partial charge in [0.05, 0.1) is 24.0 Å². The van der Waals surface area contributed by atoms with Crippen LogP contribution in [-0.2, 0) is 54.3 Å². The maximum atomic E-state index is 14.5. The number of allylic oxidation sites excluding steroid dienone is 2. The summed E-state index contributed by atoms with van der Waals surface area (Å²) in [6, 6.07) is 1.12. The van der Waals surface area contributed by atoms with Gasteiger partial charge >= 0.3 is 11.9 Å². The van der Waals surface area contributed by atoms with Crippen molar-refractivity contribution < 1.29 is 58.1 Å². The predicted octanol–water partition coefficient (Wildman–Crippen LogP) is 2.03. The van der Waals surface area contributed by atoms with E-state index >= 15 is 0 Å². The Balaban J connectivity index is 2.78. The fourth-order valence-electron chi connectivity index (χ4n) is 8.20. The third-order valence-electron chi connectivity index (χ3n) is 12.8. The number of hydrogen-bond donors (Lipinski definition) is 10. The minimum Gasteiger partial charge on any atom is -0.480 e. The first-order valence-electron chi connectivity index (χ1n) is 25.4. The third-order valence-corrected chi connectivity index (χ3v) is 12.8. The fourth-order valence-corrected chi connectivity index (χ4v) is 8.20. The Bertz CT molecular complexity index is 2250. The van der Waals surface area contributed by atoms with Crippen LogP contribution < -0.4 is 43.4 Å². The molecule has 1 heterocycles. The van der Waals surface area contributed by atoms with E-state index in [1.807, 2.05) is 50.3 Å². The molecule has 1 aromatic rings. The topological polar surface area (TPSA) is 343 Å². The molecule has 0 aliphatic carbocycles. The SMILES string of the molecule is C=C1C(=O)N[C@H](CC(C)C)C(=O)N[C@@H](CC(C)C)C(=O)N[C@@H](C(=O)O)[C@H](C)C(=O)N[C@@H](CCCCN=C(N)N)C(=O)N[C@@H](/C=C/C(C)=C/[C@H](C)[C@H](Cc2ccccc2)OC)[C@H](C)C(=O)N[C@@H](C(=O)O)CCC(=O)N1C. The summed E-state index contributed by atoms with van der Waals surface area (Å²) in [5.41, 5.74) is 12.4. The van der Waals surface area contributed by atoms with Crippen molar-refractivity contribution in [3.63, 3.8) is 0 Å². The molecule has 0 spiro atoms. The Morgan fingerprint density at radius 3 is 1.91 bits per heavy atom. The van der Waals surface area contributed by atoms with Gasteiger partial charge in [0.15, 0.2) is 5.96 Å². The molecule has 1 aromatic carbocycles. The van der Waals surface area contributed by atoms with E-state index in [0.29, 0.717) is 18.4 Å². The van der Waals surface area contributed by atoms with Crippen LogP contribution in [0.3, 0.4) is 0 Å². The molecule has 0 unspecified atom stereocenters. The second kappa shape index (κ2) is 31.6. The van der Waals surface area contributed by atoms with E-state index in [1.54, 1.807) is 47.0 Å². The van der Waals surface area contributed by atoms with Crippen LogP contribution >= 0.6 is 0 Å². The van der Waals surface area contributed by atoms with E-state index in [2.05, 4.69) is 43.5 Å². The smallest absolute Gasteiger partial charge is 0.327 e. The van der Waals surface area contributed by atoms with Gasteiger partial charge in [0.1, 0.15) is 35.9 Å². The second-order valence-corrected chi connectivity index (χ2v) is 20.1. The average Bonchev–Trinajstić information content (AvgIpc) is 3.34. The van der Waals surface area contributed by atoms with Crippen LogP contribution in [-0.4, -0.2) is 137 Å². The number of nitrogens with two attached hydrogens (primary N) is 2. The molecule has 416 valence electrons. The number of rotatable bonds is 18. The van der Waals surface area contributed by atoms with E-state index < -0.39 is 120 Å². The van der Waals surface area contributed by atoms with Gasteiger partial charge in [-0.25, -0.2) is 9.59 Å². The molecule has 1 aliphatic rings. The van der Waals surface area contributed by atoms with Crippen molar-refractivity contribution in [3.8, 4) is 0 Å². The zero-order valence-corrected chi connectivity index (χ0v) is 45.1. The van der Waals surface area contributed by atoms with Crippen LogP contribution in [0.1, 0.15) is 106 Å². The first kappa shape index (κ1) is 64.0. The van der Waals surface area contributed by atoms with Crippen LogP contribution in [0.15, 0.2) is 71.4 Å². The number of methoxy groups -OCH3 is 1. The number of carbonyl (C=O) groups is 9. The number of hydrogen-bond acceptors (Lipinski definition) is 11. The van der Waals surface area contributed by atoms with E-state index in [-0.39, 0.29) is 62.0 Å². The molecular weight excluding hydrogens is 969 g/mol. The standard InChI is InChI=1S/C53H82N10O12/c1-29(2)25-40-49(69)61-41(26-30(3)4)50(70)62-44(52(73)74)34(8)46(66)58-38(19-15-16-24-56-53(54)55)48(68)57-37(21-20-31(5)27-32(6)42(75-11)28-36-17-13-12-14-18-36)33(7)45(65)59-39(51(71)72)22-23-43(64)63(10)35(9)47(67)60-40/h12-14,17-18,20-21,27,29-30,32-34,37-42,44H,9,15-16,19,22-26,28H2,1-8,10-11H3,(H,57,68)(H,58,66)(H,59,65)(H,60,67)(H,61,69)(H,62,70)(H,71,72)(H,73,74)(H4,54,55,56)/b21-20+,31-27+/t32-,33-,34-,37-,38-,39+,40+,41-,42-,44+/m0/s1. The maximum Gasteiger partial charge on any atom is 0.327 e. The molecule has 0 saturated carbocycles. The Morgan fingerprint density at radius 2 is 1.35 bits per heavy atom. The highest BCUT2D eigenvalue weighted by Crippen LogP contribution is 2.19. The predicted molar refractivity (Wildman–Crippen MR) is 283 cm³/mol. The summed E-state index contributed by atoms with van der Waals surface area (Å²) in [5.74, 6) is -12.5. The summed E-state index contributed by atoms with van der Waals surface area (Å²) in [6.45, 7) is 17.5. The van der Waals surface area contributed by atoms with E-state index in [9.17, 15) is 53.4 Å². The van der Waals surface area contributed by atoms with E-state index in [4.69, 9.17) is 16.2 Å². The van der Waals surface area contributed by atoms with Crippen LogP contribution in [0.25, 0.3) is 0 Å². The van der Waals surface area contributed by atoms with Crippen molar-refractivity contribution in [1.82, 2.24) is 36.8 Å². The third kappa shape index (κ3) is 22.1. The number of aliphatic imine (C=N–C) groups is 1. The number of carboxylic acids is 2.